The van der Waals surface area contributed by atoms with Gasteiger partial charge in [-0.25, -0.2) is 0 Å². The second-order valence-electron chi connectivity index (χ2n) is 0.408. The molecule has 0 unspecified atom stereocenters. The molecule has 0 aromatic carbocycles. The number of hydrogen-bond donors (Lipinski definition) is 0. The van der Waals surface area contributed by atoms with E-state index in [2.05, 4.69) is 6.58 Å². The molecule has 0 spiro atoms. The predicted molar refractivity (Wildman–Crippen MR) is 27.2 cm³/mol. The summed E-state index contributed by atoms with van der Waals surface area (Å²) >= 11 is 0. The zero-order valence-corrected chi connectivity index (χ0v) is 2.28. The third-order valence-electron chi connectivity index (χ3n) is 0. The summed E-state index contributed by atoms with van der Waals surface area (Å²) in [4.78, 5) is 0. The van der Waals surface area contributed by atoms with Crippen molar-refractivity contribution >= 4 is 27.3 Å². The summed E-state index contributed by atoms with van der Waals surface area (Å²) in [7, 11) is 0. The van der Waals surface area contributed by atoms with Crippen LogP contribution in [0, 0.1) is 0 Å². The van der Waals surface area contributed by atoms with E-state index in [9.17, 15) is 0 Å². The van der Waals surface area contributed by atoms with Crippen molar-refractivity contribution in [2.24, 2.45) is 0 Å². The quantitative estimate of drug-likeness (QED) is 0.412. The van der Waals surface area contributed by atoms with Crippen LogP contribution in [0.4, 0.5) is 0 Å². The fraction of sp³-hybridized carbons (Fsp3) is 0.333. The van der Waals surface area contributed by atoms with Crippen molar-refractivity contribution in [1.82, 2.24) is 0 Å². The van der Waals surface area contributed by atoms with Gasteiger partial charge < -0.3 is 0 Å². The van der Waals surface area contributed by atoms with Gasteiger partial charge in [0, 0.05) is 0 Å². The van der Waals surface area contributed by atoms with E-state index >= 15 is 0 Å². The number of rotatable bonds is 0. The Bertz CT molecular complexity index is 10.8. The van der Waals surface area contributed by atoms with Crippen LogP contribution in [0.25, 0.3) is 0 Å². The van der Waals surface area contributed by atoms with Gasteiger partial charge in [0.15, 0.2) is 0 Å². The van der Waals surface area contributed by atoms with Gasteiger partial charge in [-0.3, -0.25) is 0 Å². The SMILES string of the molecule is C=CC.[PbH4]. The van der Waals surface area contributed by atoms with Crippen LogP contribution in [-0.4, -0.2) is 27.3 Å². The zero-order valence-electron chi connectivity index (χ0n) is 2.28. The van der Waals surface area contributed by atoms with E-state index in [1.54, 1.807) is 6.08 Å². The van der Waals surface area contributed by atoms with E-state index in [1.165, 1.54) is 0 Å². The molecule has 0 atom stereocenters. The van der Waals surface area contributed by atoms with Gasteiger partial charge in [0.2, 0.25) is 0 Å². The summed E-state index contributed by atoms with van der Waals surface area (Å²) in [5.41, 5.74) is 0. The van der Waals surface area contributed by atoms with Crippen LogP contribution in [0.1, 0.15) is 6.92 Å². The average molecular weight is 253 g/mol. The molecule has 0 saturated heterocycles. The minimum atomic E-state index is 0. The van der Waals surface area contributed by atoms with Crippen molar-refractivity contribution in [1.29, 1.82) is 0 Å². The van der Waals surface area contributed by atoms with E-state index in [0.717, 1.165) is 0 Å². The molecule has 0 N–H and O–H groups in total. The Hall–Kier alpha value is 0.662. The molecule has 4 heavy (non-hydrogen) atoms. The Kier molecular flexibility index (Phi) is 20.7. The van der Waals surface area contributed by atoms with Crippen LogP contribution in [0.2, 0.25) is 0 Å². The minimum absolute atomic E-state index is 0. The Morgan fingerprint density at radius 2 is 1.75 bits per heavy atom. The second-order valence-corrected chi connectivity index (χ2v) is 0.408. The molecule has 0 aromatic heterocycles. The first kappa shape index (κ1) is 8.82. The molecule has 0 heterocycles. The van der Waals surface area contributed by atoms with Crippen LogP contribution >= 0.6 is 0 Å². The monoisotopic (exact) mass is 254 g/mol. The van der Waals surface area contributed by atoms with E-state index in [0.29, 0.717) is 0 Å². The molecule has 0 aliphatic heterocycles. The Labute approximate surface area is 47.1 Å². The van der Waals surface area contributed by atoms with Crippen LogP contribution < -0.4 is 0 Å². The summed E-state index contributed by atoms with van der Waals surface area (Å²) < 4.78 is 0. The van der Waals surface area contributed by atoms with Crippen molar-refractivity contribution in [2.75, 3.05) is 0 Å². The summed E-state index contributed by atoms with van der Waals surface area (Å²) in [6, 6.07) is 0. The zero-order chi connectivity index (χ0) is 2.71. The van der Waals surface area contributed by atoms with Crippen LogP contribution in [0.3, 0.4) is 0 Å². The van der Waals surface area contributed by atoms with Gasteiger partial charge in [-0.05, 0) is 6.92 Å². The fourth-order valence-corrected chi connectivity index (χ4v) is 0. The molecular weight excluding hydrogens is 243 g/mol. The molecule has 0 aliphatic carbocycles. The number of allylic oxidation sites excluding steroid dienone is 1. The first-order chi connectivity index (χ1) is 1.41. The van der Waals surface area contributed by atoms with Gasteiger partial charge in [0.1, 0.15) is 0 Å². The maximum atomic E-state index is 3.36. The van der Waals surface area contributed by atoms with Gasteiger partial charge in [-0.2, -0.15) is 0 Å². The van der Waals surface area contributed by atoms with Crippen LogP contribution in [-0.2, 0) is 0 Å². The van der Waals surface area contributed by atoms with E-state index < -0.39 is 0 Å². The summed E-state index contributed by atoms with van der Waals surface area (Å²) in [5, 5.41) is 0. The molecule has 0 bridgehead atoms. The van der Waals surface area contributed by atoms with Crippen LogP contribution in [0.5, 0.6) is 0 Å². The average Bonchev–Trinajstić information content (AvgIpc) is 0.918. The first-order valence-electron chi connectivity index (χ1n) is 0.986. The molecule has 0 aliphatic rings. The Morgan fingerprint density at radius 1 is 1.75 bits per heavy atom. The Balaban J connectivity index is 0. The summed E-state index contributed by atoms with van der Waals surface area (Å²) in [6.07, 6.45) is 1.75. The third kappa shape index (κ3) is 16.8. The molecule has 0 saturated carbocycles. The third-order valence-corrected chi connectivity index (χ3v) is 0. The first-order valence-corrected chi connectivity index (χ1v) is 0.986. The number of hydrogen-bond acceptors (Lipinski definition) is 0. The molecular formula is C3H10Pb. The van der Waals surface area contributed by atoms with Gasteiger partial charge >= 0.3 is 27.3 Å². The summed E-state index contributed by atoms with van der Waals surface area (Å²) in [5.74, 6) is 0. The molecule has 0 fully saturated rings. The molecule has 0 radical (unpaired) electrons. The van der Waals surface area contributed by atoms with Crippen molar-refractivity contribution in [3.8, 4) is 0 Å². The van der Waals surface area contributed by atoms with Crippen molar-refractivity contribution in [3.63, 3.8) is 0 Å². The molecule has 0 amide bonds. The van der Waals surface area contributed by atoms with Gasteiger partial charge in [-0.1, -0.05) is 6.08 Å². The molecule has 0 aromatic rings. The molecule has 0 nitrogen and oxygen atoms in total. The van der Waals surface area contributed by atoms with Crippen LogP contribution in [0.15, 0.2) is 12.7 Å². The standard InChI is InChI=1S/C3H6.Pb.4H/c1-3-2;;;;;/h3H,1H2,2H3;;;;;. The van der Waals surface area contributed by atoms with Crippen molar-refractivity contribution in [3.05, 3.63) is 12.7 Å². The normalized spacial score (nSPS) is 3.25. The predicted octanol–water partition coefficient (Wildman–Crippen LogP) is -0.259. The molecule has 1 heteroatoms. The van der Waals surface area contributed by atoms with E-state index in [-0.39, 0.29) is 27.3 Å². The topological polar surface area (TPSA) is 0 Å². The van der Waals surface area contributed by atoms with Gasteiger partial charge in [0.25, 0.3) is 0 Å². The van der Waals surface area contributed by atoms with Gasteiger partial charge in [0.05, 0.1) is 0 Å². The van der Waals surface area contributed by atoms with E-state index in [4.69, 9.17) is 0 Å². The van der Waals surface area contributed by atoms with Gasteiger partial charge in [-0.15, -0.1) is 6.58 Å². The van der Waals surface area contributed by atoms with Crippen molar-refractivity contribution in [2.45, 2.75) is 6.92 Å². The maximum absolute atomic E-state index is 3.36. The molecule has 26 valence electrons. The van der Waals surface area contributed by atoms with E-state index in [1.807, 2.05) is 6.92 Å². The fourth-order valence-electron chi connectivity index (χ4n) is 0. The summed E-state index contributed by atoms with van der Waals surface area (Å²) in [6.45, 7) is 5.25. The van der Waals surface area contributed by atoms with Crippen molar-refractivity contribution < 1.29 is 0 Å². The molecule has 0 rings (SSSR count). The second kappa shape index (κ2) is 9.39. The Morgan fingerprint density at radius 3 is 1.75 bits per heavy atom.